The minimum Gasteiger partial charge on any atom is -0.508 e. The van der Waals surface area contributed by atoms with Gasteiger partial charge in [-0.05, 0) is 29.7 Å². The van der Waals surface area contributed by atoms with E-state index in [1.165, 1.54) is 18.3 Å². The minimum atomic E-state index is -1.25. The van der Waals surface area contributed by atoms with Crippen LogP contribution in [0.3, 0.4) is 0 Å². The quantitative estimate of drug-likeness (QED) is 0.718. The molecule has 7 nitrogen and oxygen atoms in total. The second kappa shape index (κ2) is 4.80. The zero-order valence-electron chi connectivity index (χ0n) is 8.82. The highest BCUT2D eigenvalue weighted by molar-refractivity contribution is 7.07. The van der Waals surface area contributed by atoms with Crippen molar-refractivity contribution in [2.75, 3.05) is 5.32 Å². The molecule has 0 bridgehead atoms. The number of phenols is 1. The Morgan fingerprint density at radius 2 is 2.11 bits per heavy atom. The fourth-order valence-corrected chi connectivity index (χ4v) is 1.68. The van der Waals surface area contributed by atoms with Crippen LogP contribution in [-0.2, 0) is 0 Å². The molecule has 0 aliphatic heterocycles. The van der Waals surface area contributed by atoms with Gasteiger partial charge in [0.2, 0.25) is 0 Å². The molecule has 8 heteroatoms. The summed E-state index contributed by atoms with van der Waals surface area (Å²) in [5.74, 6) is -1.94. The highest BCUT2D eigenvalue weighted by atomic mass is 32.1. The van der Waals surface area contributed by atoms with Crippen molar-refractivity contribution in [1.82, 2.24) is 9.59 Å². The van der Waals surface area contributed by atoms with Crippen LogP contribution in [0.5, 0.6) is 5.75 Å². The molecule has 2 aromatic rings. The van der Waals surface area contributed by atoms with Crippen molar-refractivity contribution in [2.24, 2.45) is 0 Å². The highest BCUT2D eigenvalue weighted by Gasteiger charge is 2.15. The van der Waals surface area contributed by atoms with Gasteiger partial charge in [0.05, 0.1) is 17.4 Å². The molecular formula is C10H7N3O4S. The first kappa shape index (κ1) is 12.0. The van der Waals surface area contributed by atoms with Crippen molar-refractivity contribution in [3.8, 4) is 5.75 Å². The van der Waals surface area contributed by atoms with Crippen molar-refractivity contribution in [2.45, 2.75) is 0 Å². The van der Waals surface area contributed by atoms with Gasteiger partial charge in [0.1, 0.15) is 10.6 Å². The lowest BCUT2D eigenvalue weighted by atomic mass is 10.1. The Balaban J connectivity index is 2.29. The van der Waals surface area contributed by atoms with Crippen molar-refractivity contribution >= 4 is 29.1 Å². The van der Waals surface area contributed by atoms with E-state index in [0.717, 1.165) is 17.6 Å². The number of amides is 1. The standard InChI is InChI=1S/C10H7N3O4S/c14-5-1-2-7(6(3-5)10(16)17)12-9(15)8-4-11-13-18-8/h1-4,14H,(H,12,15)(H,16,17). The summed E-state index contributed by atoms with van der Waals surface area (Å²) in [4.78, 5) is 22.9. The Hall–Kier alpha value is -2.48. The summed E-state index contributed by atoms with van der Waals surface area (Å²) >= 11 is 0.898. The van der Waals surface area contributed by atoms with E-state index in [0.29, 0.717) is 0 Å². The molecule has 3 N–H and O–H groups in total. The summed E-state index contributed by atoms with van der Waals surface area (Å²) in [6.07, 6.45) is 1.28. The molecule has 1 aromatic carbocycles. The van der Waals surface area contributed by atoms with E-state index in [1.54, 1.807) is 0 Å². The van der Waals surface area contributed by atoms with Crippen molar-refractivity contribution in [3.05, 3.63) is 34.8 Å². The lowest BCUT2D eigenvalue weighted by Gasteiger charge is -2.07. The molecule has 1 aromatic heterocycles. The summed E-state index contributed by atoms with van der Waals surface area (Å²) in [7, 11) is 0. The number of phenolic OH excluding ortho intramolecular Hbond substituents is 1. The van der Waals surface area contributed by atoms with Gasteiger partial charge < -0.3 is 15.5 Å². The maximum atomic E-state index is 11.7. The number of hydrogen-bond donors (Lipinski definition) is 3. The highest BCUT2D eigenvalue weighted by Crippen LogP contribution is 2.22. The largest absolute Gasteiger partial charge is 0.508 e. The van der Waals surface area contributed by atoms with E-state index in [2.05, 4.69) is 14.9 Å². The molecule has 1 heterocycles. The van der Waals surface area contributed by atoms with Crippen LogP contribution in [0.1, 0.15) is 20.0 Å². The lowest BCUT2D eigenvalue weighted by molar-refractivity contribution is 0.0697. The van der Waals surface area contributed by atoms with Crippen LogP contribution < -0.4 is 5.32 Å². The monoisotopic (exact) mass is 265 g/mol. The SMILES string of the molecule is O=C(Nc1ccc(O)cc1C(=O)O)c1cnns1. The van der Waals surface area contributed by atoms with E-state index < -0.39 is 11.9 Å². The second-order valence-electron chi connectivity index (χ2n) is 3.27. The van der Waals surface area contributed by atoms with E-state index in [4.69, 9.17) is 5.11 Å². The number of nitrogens with one attached hydrogen (secondary N) is 1. The average molecular weight is 265 g/mol. The van der Waals surface area contributed by atoms with Crippen LogP contribution in [0, 0.1) is 0 Å². The number of carbonyl (C=O) groups excluding carboxylic acids is 1. The number of nitrogens with zero attached hydrogens (tertiary/aromatic N) is 2. The molecule has 0 radical (unpaired) electrons. The van der Waals surface area contributed by atoms with Crippen molar-refractivity contribution < 1.29 is 19.8 Å². The number of carboxylic acids is 1. The molecule has 92 valence electrons. The van der Waals surface area contributed by atoms with E-state index in [1.807, 2.05) is 0 Å². The van der Waals surface area contributed by atoms with Gasteiger partial charge in [0.15, 0.2) is 0 Å². The number of benzene rings is 1. The van der Waals surface area contributed by atoms with Crippen LogP contribution in [0.25, 0.3) is 0 Å². The zero-order chi connectivity index (χ0) is 13.1. The molecule has 0 unspecified atom stereocenters. The summed E-state index contributed by atoms with van der Waals surface area (Å²) in [6, 6.07) is 3.65. The van der Waals surface area contributed by atoms with Crippen molar-refractivity contribution in [3.63, 3.8) is 0 Å². The van der Waals surface area contributed by atoms with Gasteiger partial charge in [0.25, 0.3) is 5.91 Å². The number of carboxylic acid groups (broad SMARTS) is 1. The average Bonchev–Trinajstić information content (AvgIpc) is 2.84. The Morgan fingerprint density at radius 3 is 2.72 bits per heavy atom. The van der Waals surface area contributed by atoms with Crippen LogP contribution in [-0.4, -0.2) is 31.7 Å². The Morgan fingerprint density at radius 1 is 1.33 bits per heavy atom. The summed E-state index contributed by atoms with van der Waals surface area (Å²) in [5, 5.41) is 24.1. The van der Waals surface area contributed by atoms with Crippen LogP contribution >= 0.6 is 11.5 Å². The molecule has 0 aliphatic rings. The van der Waals surface area contributed by atoms with Gasteiger partial charge >= 0.3 is 5.97 Å². The first-order valence-electron chi connectivity index (χ1n) is 4.73. The maximum Gasteiger partial charge on any atom is 0.337 e. The molecule has 0 fully saturated rings. The lowest BCUT2D eigenvalue weighted by Crippen LogP contribution is -2.13. The number of aromatic nitrogens is 2. The normalized spacial score (nSPS) is 10.0. The van der Waals surface area contributed by atoms with Crippen molar-refractivity contribution in [1.29, 1.82) is 0 Å². The molecular weight excluding hydrogens is 258 g/mol. The number of anilines is 1. The molecule has 0 saturated heterocycles. The van der Waals surface area contributed by atoms with Crippen LogP contribution in [0.2, 0.25) is 0 Å². The molecule has 0 atom stereocenters. The van der Waals surface area contributed by atoms with Gasteiger partial charge in [0, 0.05) is 0 Å². The zero-order valence-corrected chi connectivity index (χ0v) is 9.64. The Kier molecular flexibility index (Phi) is 3.20. The van der Waals surface area contributed by atoms with E-state index >= 15 is 0 Å². The Labute approximate surface area is 105 Å². The smallest absolute Gasteiger partial charge is 0.337 e. The second-order valence-corrected chi connectivity index (χ2v) is 4.06. The fourth-order valence-electron chi connectivity index (χ4n) is 1.27. The fraction of sp³-hybridized carbons (Fsp3) is 0. The van der Waals surface area contributed by atoms with Gasteiger partial charge in [-0.1, -0.05) is 4.49 Å². The molecule has 1 amide bonds. The Bertz CT molecular complexity index is 597. The third-order valence-electron chi connectivity index (χ3n) is 2.07. The summed E-state index contributed by atoms with van der Waals surface area (Å²) in [5.41, 5.74) is -0.0977. The molecule has 2 rings (SSSR count). The number of aromatic hydroxyl groups is 1. The molecule has 0 spiro atoms. The third kappa shape index (κ3) is 2.43. The van der Waals surface area contributed by atoms with Gasteiger partial charge in [-0.25, -0.2) is 4.79 Å². The maximum absolute atomic E-state index is 11.7. The first-order valence-corrected chi connectivity index (χ1v) is 5.50. The number of aromatic carboxylic acids is 1. The minimum absolute atomic E-state index is 0.0960. The summed E-state index contributed by atoms with van der Waals surface area (Å²) in [6.45, 7) is 0. The predicted molar refractivity (Wildman–Crippen MR) is 62.9 cm³/mol. The predicted octanol–water partition coefficient (Wildman–Crippen LogP) is 1.19. The number of rotatable bonds is 3. The van der Waals surface area contributed by atoms with Gasteiger partial charge in [-0.2, -0.15) is 0 Å². The first-order chi connectivity index (χ1) is 8.58. The van der Waals surface area contributed by atoms with Crippen LogP contribution in [0.4, 0.5) is 5.69 Å². The summed E-state index contributed by atoms with van der Waals surface area (Å²) < 4.78 is 3.53. The number of carbonyl (C=O) groups is 2. The molecule has 0 aliphatic carbocycles. The molecule has 18 heavy (non-hydrogen) atoms. The van der Waals surface area contributed by atoms with Crippen LogP contribution in [0.15, 0.2) is 24.4 Å². The molecule has 0 saturated carbocycles. The topological polar surface area (TPSA) is 112 Å². The number of hydrogen-bond acceptors (Lipinski definition) is 6. The van der Waals surface area contributed by atoms with Gasteiger partial charge in [-0.15, -0.1) is 5.10 Å². The van der Waals surface area contributed by atoms with E-state index in [-0.39, 0.29) is 21.9 Å². The third-order valence-corrected chi connectivity index (χ3v) is 2.73. The van der Waals surface area contributed by atoms with E-state index in [9.17, 15) is 14.7 Å². The van der Waals surface area contributed by atoms with Gasteiger partial charge in [-0.3, -0.25) is 4.79 Å².